The second-order valence-corrected chi connectivity index (χ2v) is 6.06. The van der Waals surface area contributed by atoms with Crippen LogP contribution in [0, 0.1) is 0 Å². The van der Waals surface area contributed by atoms with Crippen LogP contribution in [0.2, 0.25) is 10.0 Å². The fourth-order valence-corrected chi connectivity index (χ4v) is 2.76. The third-order valence-corrected chi connectivity index (χ3v) is 4.18. The molecule has 0 saturated carbocycles. The maximum Gasteiger partial charge on any atom is 0.180 e. The average Bonchev–Trinajstić information content (AvgIpc) is 2.83. The highest BCUT2D eigenvalue weighted by Gasteiger charge is 2.19. The van der Waals surface area contributed by atoms with Gasteiger partial charge in [-0.15, -0.1) is 5.10 Å². The van der Waals surface area contributed by atoms with Gasteiger partial charge in [-0.25, -0.2) is 0 Å². The molecule has 100 valence electrons. The second kappa shape index (κ2) is 5.99. The molecule has 0 aliphatic heterocycles. The van der Waals surface area contributed by atoms with Gasteiger partial charge in [-0.05, 0) is 35.1 Å². The van der Waals surface area contributed by atoms with E-state index in [2.05, 4.69) is 9.59 Å². The summed E-state index contributed by atoms with van der Waals surface area (Å²) >= 11 is 12.9. The summed E-state index contributed by atoms with van der Waals surface area (Å²) in [7, 11) is 0. The number of hydrogen-bond acceptors (Lipinski definition) is 4. The Morgan fingerprint density at radius 1 is 1.32 bits per heavy atom. The molecule has 3 nitrogen and oxygen atoms in total. The molecule has 0 spiro atoms. The zero-order valence-corrected chi connectivity index (χ0v) is 12.8. The summed E-state index contributed by atoms with van der Waals surface area (Å²) in [5.74, 6) is 0.198. The van der Waals surface area contributed by atoms with Gasteiger partial charge < -0.3 is 0 Å². The quantitative estimate of drug-likeness (QED) is 0.786. The van der Waals surface area contributed by atoms with E-state index in [-0.39, 0.29) is 18.1 Å². The van der Waals surface area contributed by atoms with Crippen molar-refractivity contribution >= 4 is 40.5 Å². The van der Waals surface area contributed by atoms with Gasteiger partial charge in [0, 0.05) is 6.42 Å². The van der Waals surface area contributed by atoms with Crippen LogP contribution in [0.4, 0.5) is 0 Å². The van der Waals surface area contributed by atoms with Crippen LogP contribution in [0.3, 0.4) is 0 Å². The maximum absolute atomic E-state index is 12.3. The van der Waals surface area contributed by atoms with E-state index in [0.717, 1.165) is 22.8 Å². The van der Waals surface area contributed by atoms with Crippen LogP contribution in [0.25, 0.3) is 0 Å². The lowest BCUT2D eigenvalue weighted by Gasteiger charge is -2.04. The van der Waals surface area contributed by atoms with Crippen molar-refractivity contribution in [3.8, 4) is 0 Å². The third-order valence-electron chi connectivity index (χ3n) is 2.66. The Balaban J connectivity index is 2.21. The van der Waals surface area contributed by atoms with Gasteiger partial charge in [0.05, 0.1) is 15.7 Å². The Kier molecular flexibility index (Phi) is 4.55. The number of hydrogen-bond donors (Lipinski definition) is 0. The summed E-state index contributed by atoms with van der Waals surface area (Å²) in [6.07, 6.45) is 0.278. The minimum Gasteiger partial charge on any atom is -0.293 e. The first-order valence-corrected chi connectivity index (χ1v) is 7.31. The number of rotatable bonds is 4. The molecule has 6 heteroatoms. The number of Topliss-reactive ketones (excluding diaryl/α,β-unsaturated/α-hetero) is 1. The summed E-state index contributed by atoms with van der Waals surface area (Å²) in [5, 5.41) is 4.95. The molecule has 0 unspecified atom stereocenters. The van der Waals surface area contributed by atoms with E-state index in [9.17, 15) is 4.79 Å². The maximum atomic E-state index is 12.3. The Morgan fingerprint density at radius 2 is 2.05 bits per heavy atom. The van der Waals surface area contributed by atoms with Crippen LogP contribution in [0.5, 0.6) is 0 Å². The molecule has 0 bridgehead atoms. The van der Waals surface area contributed by atoms with E-state index in [4.69, 9.17) is 23.2 Å². The van der Waals surface area contributed by atoms with Gasteiger partial charge >= 0.3 is 0 Å². The highest BCUT2D eigenvalue weighted by molar-refractivity contribution is 7.08. The first kappa shape index (κ1) is 14.4. The fraction of sp³-hybridized carbons (Fsp3) is 0.308. The lowest BCUT2D eigenvalue weighted by atomic mass is 10.0. The number of carbonyl (C=O) groups is 1. The average molecular weight is 315 g/mol. The van der Waals surface area contributed by atoms with E-state index in [1.54, 1.807) is 18.2 Å². The van der Waals surface area contributed by atoms with Crippen molar-refractivity contribution in [3.63, 3.8) is 0 Å². The summed E-state index contributed by atoms with van der Waals surface area (Å²) in [6, 6.07) is 5.21. The molecular weight excluding hydrogens is 303 g/mol. The van der Waals surface area contributed by atoms with Gasteiger partial charge in [0.25, 0.3) is 0 Å². The largest absolute Gasteiger partial charge is 0.293 e. The summed E-state index contributed by atoms with van der Waals surface area (Å²) in [5.41, 5.74) is 1.59. The molecule has 1 aromatic carbocycles. The number of aromatic nitrogens is 2. The van der Waals surface area contributed by atoms with Crippen molar-refractivity contribution in [3.05, 3.63) is 44.4 Å². The molecule has 2 aromatic rings. The molecule has 0 atom stereocenters. The van der Waals surface area contributed by atoms with Gasteiger partial charge in [0.1, 0.15) is 4.88 Å². The molecule has 2 rings (SSSR count). The number of carbonyl (C=O) groups excluding carboxylic acids is 1. The first-order chi connectivity index (χ1) is 8.99. The Hall–Kier alpha value is -0.970. The van der Waals surface area contributed by atoms with Crippen LogP contribution in [-0.4, -0.2) is 15.4 Å². The Bertz CT molecular complexity index is 610. The molecule has 0 saturated heterocycles. The van der Waals surface area contributed by atoms with Crippen LogP contribution >= 0.6 is 34.7 Å². The van der Waals surface area contributed by atoms with Gasteiger partial charge in [0.15, 0.2) is 5.78 Å². The minimum atomic E-state index is 0.0112. The number of benzene rings is 1. The topological polar surface area (TPSA) is 42.9 Å². The van der Waals surface area contributed by atoms with E-state index in [0.29, 0.717) is 14.9 Å². The lowest BCUT2D eigenvalue weighted by Crippen LogP contribution is -2.05. The van der Waals surface area contributed by atoms with E-state index >= 15 is 0 Å². The van der Waals surface area contributed by atoms with E-state index in [1.807, 2.05) is 13.8 Å². The molecule has 0 aliphatic carbocycles. The summed E-state index contributed by atoms with van der Waals surface area (Å²) in [4.78, 5) is 12.9. The zero-order valence-electron chi connectivity index (χ0n) is 10.5. The zero-order chi connectivity index (χ0) is 14.0. The molecule has 19 heavy (non-hydrogen) atoms. The summed E-state index contributed by atoms with van der Waals surface area (Å²) in [6.45, 7) is 3.99. The molecule has 0 radical (unpaired) electrons. The first-order valence-electron chi connectivity index (χ1n) is 5.78. The van der Waals surface area contributed by atoms with Gasteiger partial charge in [-0.3, -0.25) is 4.79 Å². The van der Waals surface area contributed by atoms with Crippen molar-refractivity contribution in [1.82, 2.24) is 9.59 Å². The van der Waals surface area contributed by atoms with Crippen molar-refractivity contribution in [2.24, 2.45) is 0 Å². The van der Waals surface area contributed by atoms with Crippen LogP contribution in [-0.2, 0) is 6.42 Å². The standard InChI is InChI=1S/C13H12Cl2N2OS/c1-7(2)12-13(19-17-16-12)11(18)6-8-3-4-9(14)10(15)5-8/h3-5,7H,6H2,1-2H3. The van der Waals surface area contributed by atoms with E-state index < -0.39 is 0 Å². The minimum absolute atomic E-state index is 0.0112. The lowest BCUT2D eigenvalue weighted by molar-refractivity contribution is 0.0995. The molecule has 0 aliphatic rings. The van der Waals surface area contributed by atoms with Crippen LogP contribution in [0.15, 0.2) is 18.2 Å². The smallest absolute Gasteiger partial charge is 0.180 e. The van der Waals surface area contributed by atoms with Gasteiger partial charge in [0.2, 0.25) is 0 Å². The highest BCUT2D eigenvalue weighted by Crippen LogP contribution is 2.25. The number of halogens is 2. The predicted molar refractivity (Wildman–Crippen MR) is 78.5 cm³/mol. The molecule has 0 fully saturated rings. The number of ketones is 1. The molecule has 1 heterocycles. The monoisotopic (exact) mass is 314 g/mol. The molecule has 0 amide bonds. The van der Waals surface area contributed by atoms with Gasteiger partial charge in [-0.2, -0.15) is 0 Å². The van der Waals surface area contributed by atoms with Crippen LogP contribution in [0.1, 0.15) is 40.7 Å². The Morgan fingerprint density at radius 3 is 2.68 bits per heavy atom. The molecule has 1 aromatic heterocycles. The normalized spacial score (nSPS) is 11.0. The van der Waals surface area contributed by atoms with Gasteiger partial charge in [-0.1, -0.05) is 47.6 Å². The molecule has 0 N–H and O–H groups in total. The number of nitrogens with zero attached hydrogens (tertiary/aromatic N) is 2. The predicted octanol–water partition coefficient (Wildman–Crippen LogP) is 4.39. The van der Waals surface area contributed by atoms with Crippen LogP contribution < -0.4 is 0 Å². The fourth-order valence-electron chi connectivity index (χ4n) is 1.68. The Labute approximate surface area is 125 Å². The third kappa shape index (κ3) is 3.32. The SMILES string of the molecule is CC(C)c1nnsc1C(=O)Cc1ccc(Cl)c(Cl)c1. The second-order valence-electron chi connectivity index (χ2n) is 4.49. The highest BCUT2D eigenvalue weighted by atomic mass is 35.5. The van der Waals surface area contributed by atoms with Crippen molar-refractivity contribution in [2.75, 3.05) is 0 Å². The van der Waals surface area contributed by atoms with Crippen molar-refractivity contribution in [2.45, 2.75) is 26.2 Å². The summed E-state index contributed by atoms with van der Waals surface area (Å²) < 4.78 is 3.86. The van der Waals surface area contributed by atoms with Crippen molar-refractivity contribution < 1.29 is 4.79 Å². The van der Waals surface area contributed by atoms with E-state index in [1.165, 1.54) is 0 Å². The van der Waals surface area contributed by atoms with Crippen molar-refractivity contribution in [1.29, 1.82) is 0 Å². The molecular formula is C13H12Cl2N2OS.